The van der Waals surface area contributed by atoms with Crippen molar-refractivity contribution in [2.75, 3.05) is 13.7 Å². The summed E-state index contributed by atoms with van der Waals surface area (Å²) in [4.78, 5) is 12.1. The van der Waals surface area contributed by atoms with Crippen LogP contribution in [0.5, 0.6) is 11.5 Å². The van der Waals surface area contributed by atoms with E-state index in [0.717, 1.165) is 5.56 Å². The van der Waals surface area contributed by atoms with Crippen LogP contribution in [-0.4, -0.2) is 29.9 Å². The van der Waals surface area contributed by atoms with Crippen LogP contribution in [0, 0.1) is 5.92 Å². The molecule has 0 bridgehead atoms. The second-order valence-corrected chi connectivity index (χ2v) is 5.17. The van der Waals surface area contributed by atoms with Gasteiger partial charge in [-0.05, 0) is 36.8 Å². The van der Waals surface area contributed by atoms with Crippen molar-refractivity contribution in [3.05, 3.63) is 36.0 Å². The number of methoxy groups -OCH3 is 1. The molecule has 1 aromatic rings. The molecule has 0 aromatic heterocycles. The van der Waals surface area contributed by atoms with Crippen molar-refractivity contribution < 1.29 is 19.4 Å². The topological polar surface area (TPSA) is 79.8 Å². The van der Waals surface area contributed by atoms with Gasteiger partial charge in [0.1, 0.15) is 5.92 Å². The van der Waals surface area contributed by atoms with Crippen LogP contribution in [0.15, 0.2) is 30.5 Å². The quantitative estimate of drug-likeness (QED) is 0.574. The van der Waals surface area contributed by atoms with Gasteiger partial charge in [0.05, 0.1) is 19.8 Å². The minimum atomic E-state index is -0.643. The molecular weight excluding hydrogens is 304 g/mol. The largest absolute Gasteiger partial charge is 0.504 e. The third-order valence-corrected chi connectivity index (χ3v) is 3.59. The first-order chi connectivity index (χ1) is 10.5. The highest BCUT2D eigenvalue weighted by Gasteiger charge is 2.37. The van der Waals surface area contributed by atoms with E-state index in [0.29, 0.717) is 23.2 Å². The molecule has 1 fully saturated rings. The summed E-state index contributed by atoms with van der Waals surface area (Å²) < 4.78 is 10.2. The van der Waals surface area contributed by atoms with Crippen LogP contribution in [0.2, 0.25) is 0 Å². The first-order valence-corrected chi connectivity index (χ1v) is 7.18. The highest BCUT2D eigenvalue weighted by Crippen LogP contribution is 2.35. The Kier molecular flexibility index (Phi) is 4.87. The van der Waals surface area contributed by atoms with Gasteiger partial charge in [-0.1, -0.05) is 12.6 Å². The lowest BCUT2D eigenvalue weighted by Gasteiger charge is -2.34. The number of aromatic hydroxyl groups is 1. The van der Waals surface area contributed by atoms with E-state index in [1.54, 1.807) is 12.1 Å². The van der Waals surface area contributed by atoms with Gasteiger partial charge in [0.2, 0.25) is 0 Å². The van der Waals surface area contributed by atoms with Gasteiger partial charge in [-0.3, -0.25) is 4.79 Å². The van der Waals surface area contributed by atoms with Gasteiger partial charge < -0.3 is 25.2 Å². The van der Waals surface area contributed by atoms with Crippen LogP contribution in [0.25, 0.3) is 0 Å². The summed E-state index contributed by atoms with van der Waals surface area (Å²) in [6.45, 7) is 6.09. The predicted molar refractivity (Wildman–Crippen MR) is 85.5 cm³/mol. The Morgan fingerprint density at radius 2 is 2.23 bits per heavy atom. The number of phenols is 1. The molecule has 2 atom stereocenters. The molecule has 1 aliphatic heterocycles. The molecular formula is C15H18N2O4S. The first kappa shape index (κ1) is 16.1. The van der Waals surface area contributed by atoms with Gasteiger partial charge in [0.15, 0.2) is 16.6 Å². The zero-order valence-corrected chi connectivity index (χ0v) is 13.2. The van der Waals surface area contributed by atoms with Crippen LogP contribution in [0.3, 0.4) is 0 Å². The number of thiocarbonyl (C=S) groups is 1. The molecule has 0 saturated carbocycles. The zero-order chi connectivity index (χ0) is 16.3. The lowest BCUT2D eigenvalue weighted by Crippen LogP contribution is -2.50. The third kappa shape index (κ3) is 3.14. The van der Waals surface area contributed by atoms with E-state index in [-0.39, 0.29) is 5.75 Å². The van der Waals surface area contributed by atoms with E-state index in [4.69, 9.17) is 21.7 Å². The van der Waals surface area contributed by atoms with Gasteiger partial charge in [0.25, 0.3) is 0 Å². The molecule has 118 valence electrons. The Labute approximate surface area is 134 Å². The molecule has 7 heteroatoms. The molecule has 0 aliphatic carbocycles. The minimum Gasteiger partial charge on any atom is -0.504 e. The highest BCUT2D eigenvalue weighted by atomic mass is 32.1. The summed E-state index contributed by atoms with van der Waals surface area (Å²) in [5, 5.41) is 16.1. The van der Waals surface area contributed by atoms with Crippen molar-refractivity contribution in [3.63, 3.8) is 0 Å². The Morgan fingerprint density at radius 1 is 1.50 bits per heavy atom. The number of nitrogens with one attached hydrogen (secondary N) is 2. The normalized spacial score (nSPS) is 20.8. The average molecular weight is 322 g/mol. The van der Waals surface area contributed by atoms with Crippen LogP contribution >= 0.6 is 12.2 Å². The van der Waals surface area contributed by atoms with Gasteiger partial charge >= 0.3 is 5.97 Å². The number of rotatable bonds is 4. The Bertz CT molecular complexity index is 618. The molecule has 0 radical (unpaired) electrons. The van der Waals surface area contributed by atoms with E-state index in [9.17, 15) is 9.90 Å². The maximum absolute atomic E-state index is 12.1. The van der Waals surface area contributed by atoms with E-state index in [2.05, 4.69) is 17.2 Å². The van der Waals surface area contributed by atoms with Crippen LogP contribution in [0.4, 0.5) is 0 Å². The molecule has 2 unspecified atom stereocenters. The predicted octanol–water partition coefficient (Wildman–Crippen LogP) is 1.61. The summed E-state index contributed by atoms with van der Waals surface area (Å²) in [5.41, 5.74) is 1.20. The lowest BCUT2D eigenvalue weighted by molar-refractivity contribution is -0.145. The monoisotopic (exact) mass is 322 g/mol. The molecule has 6 nitrogen and oxygen atoms in total. The Morgan fingerprint density at radius 3 is 2.86 bits per heavy atom. The van der Waals surface area contributed by atoms with E-state index in [1.807, 2.05) is 6.92 Å². The van der Waals surface area contributed by atoms with Crippen molar-refractivity contribution >= 4 is 23.3 Å². The van der Waals surface area contributed by atoms with E-state index in [1.165, 1.54) is 13.2 Å². The van der Waals surface area contributed by atoms with Crippen LogP contribution in [0.1, 0.15) is 18.5 Å². The SMILES string of the molecule is C=C1NC(=S)NC(c2ccc(O)c(OCC)c2)C1C(=O)OC. The summed E-state index contributed by atoms with van der Waals surface area (Å²) >= 11 is 5.13. The number of hydrogen-bond donors (Lipinski definition) is 3. The maximum Gasteiger partial charge on any atom is 0.317 e. The van der Waals surface area contributed by atoms with E-state index >= 15 is 0 Å². The van der Waals surface area contributed by atoms with Gasteiger partial charge in [0, 0.05) is 5.70 Å². The van der Waals surface area contributed by atoms with Crippen molar-refractivity contribution in [2.45, 2.75) is 13.0 Å². The fourth-order valence-corrected chi connectivity index (χ4v) is 2.62. The fourth-order valence-electron chi connectivity index (χ4n) is 2.36. The van der Waals surface area contributed by atoms with Crippen molar-refractivity contribution in [2.24, 2.45) is 5.92 Å². The van der Waals surface area contributed by atoms with Crippen LogP contribution in [-0.2, 0) is 9.53 Å². The van der Waals surface area contributed by atoms with Crippen molar-refractivity contribution in [3.8, 4) is 11.5 Å². The van der Waals surface area contributed by atoms with Crippen molar-refractivity contribution in [1.29, 1.82) is 0 Å². The molecule has 0 spiro atoms. The number of ether oxygens (including phenoxy) is 2. The second-order valence-electron chi connectivity index (χ2n) is 4.76. The summed E-state index contributed by atoms with van der Waals surface area (Å²) in [6, 6.07) is 4.44. The van der Waals surface area contributed by atoms with Gasteiger partial charge in [-0.2, -0.15) is 0 Å². The number of hydrogen-bond acceptors (Lipinski definition) is 5. The lowest BCUT2D eigenvalue weighted by atomic mass is 9.89. The van der Waals surface area contributed by atoms with Crippen molar-refractivity contribution in [1.82, 2.24) is 10.6 Å². The number of carbonyl (C=O) groups excluding carboxylic acids is 1. The van der Waals surface area contributed by atoms with E-state index < -0.39 is 17.9 Å². The molecule has 1 saturated heterocycles. The molecule has 1 heterocycles. The highest BCUT2D eigenvalue weighted by molar-refractivity contribution is 7.80. The molecule has 22 heavy (non-hydrogen) atoms. The summed E-state index contributed by atoms with van der Waals surface area (Å²) in [6.07, 6.45) is 0. The first-order valence-electron chi connectivity index (χ1n) is 6.77. The number of benzene rings is 1. The average Bonchev–Trinajstić information content (AvgIpc) is 2.48. The fraction of sp³-hybridized carbons (Fsp3) is 0.333. The number of phenolic OH excluding ortho intramolecular Hbond substituents is 1. The minimum absolute atomic E-state index is 0.0376. The summed E-state index contributed by atoms with van der Waals surface area (Å²) in [5.74, 6) is -0.685. The smallest absolute Gasteiger partial charge is 0.317 e. The van der Waals surface area contributed by atoms with Crippen LogP contribution < -0.4 is 15.4 Å². The zero-order valence-electron chi connectivity index (χ0n) is 12.4. The molecule has 0 amide bonds. The molecule has 2 rings (SSSR count). The number of esters is 1. The Balaban J connectivity index is 2.41. The maximum atomic E-state index is 12.1. The molecule has 1 aromatic carbocycles. The van der Waals surface area contributed by atoms with Gasteiger partial charge in [-0.25, -0.2) is 0 Å². The second kappa shape index (κ2) is 6.65. The number of carbonyl (C=O) groups is 1. The molecule has 3 N–H and O–H groups in total. The standard InChI is InChI=1S/C15H18N2O4S/c1-4-21-11-7-9(5-6-10(11)18)13-12(14(19)20-3)8(2)16-15(22)17-13/h5-7,12-13,18H,2,4H2,1,3H3,(H2,16,17,22). The Hall–Kier alpha value is -2.28. The molecule has 1 aliphatic rings. The third-order valence-electron chi connectivity index (χ3n) is 3.37. The van der Waals surface area contributed by atoms with Gasteiger partial charge in [-0.15, -0.1) is 0 Å². The summed E-state index contributed by atoms with van der Waals surface area (Å²) in [7, 11) is 1.32.